The number of ether oxygens (including phenoxy) is 1. The van der Waals surface area contributed by atoms with Gasteiger partial charge in [0.15, 0.2) is 0 Å². The monoisotopic (exact) mass is 460 g/mol. The predicted molar refractivity (Wildman–Crippen MR) is 132 cm³/mol. The molecule has 0 atom stereocenters. The number of carbonyl (C=O) groups is 2. The van der Waals surface area contributed by atoms with Gasteiger partial charge in [-0.3, -0.25) is 9.69 Å². The third-order valence-electron chi connectivity index (χ3n) is 5.89. The van der Waals surface area contributed by atoms with E-state index in [9.17, 15) is 9.59 Å². The number of amides is 1. The second kappa shape index (κ2) is 8.75. The predicted octanol–water partition coefficient (Wildman–Crippen LogP) is 5.93. The molecule has 1 aliphatic rings. The largest absolute Gasteiger partial charge is 0.465 e. The molecular formula is C27H25ClN2O3. The normalized spacial score (nSPS) is 15.0. The molecular weight excluding hydrogens is 436 g/mol. The molecule has 0 saturated heterocycles. The van der Waals surface area contributed by atoms with Gasteiger partial charge in [0.05, 0.1) is 18.3 Å². The molecule has 6 heteroatoms. The summed E-state index contributed by atoms with van der Waals surface area (Å²) in [6.45, 7) is 7.70. The van der Waals surface area contributed by atoms with Crippen LogP contribution in [0.5, 0.6) is 0 Å². The van der Waals surface area contributed by atoms with Crippen molar-refractivity contribution in [2.75, 3.05) is 12.0 Å². The van der Waals surface area contributed by atoms with Crippen LogP contribution in [-0.4, -0.2) is 23.6 Å². The van der Waals surface area contributed by atoms with Crippen molar-refractivity contribution in [3.63, 3.8) is 0 Å². The number of hydrogen-bond acceptors (Lipinski definition) is 3. The first-order chi connectivity index (χ1) is 15.7. The summed E-state index contributed by atoms with van der Waals surface area (Å²) >= 11 is 6.20. The number of benzene rings is 2. The van der Waals surface area contributed by atoms with E-state index in [2.05, 4.69) is 4.57 Å². The van der Waals surface area contributed by atoms with E-state index in [4.69, 9.17) is 16.3 Å². The summed E-state index contributed by atoms with van der Waals surface area (Å²) in [4.78, 5) is 27.8. The highest BCUT2D eigenvalue weighted by Crippen LogP contribution is 2.36. The summed E-state index contributed by atoms with van der Waals surface area (Å²) in [6, 6.07) is 17.2. The van der Waals surface area contributed by atoms with Gasteiger partial charge in [0, 0.05) is 33.5 Å². The van der Waals surface area contributed by atoms with E-state index in [1.165, 1.54) is 7.11 Å². The summed E-state index contributed by atoms with van der Waals surface area (Å²) in [5.74, 6) is -0.794. The van der Waals surface area contributed by atoms with Crippen LogP contribution < -0.4 is 4.90 Å². The number of rotatable bonds is 4. The van der Waals surface area contributed by atoms with Crippen molar-refractivity contribution in [1.82, 2.24) is 4.57 Å². The topological polar surface area (TPSA) is 51.5 Å². The SMILES string of the molecule is COC(=O)C1=C(C)N(c2cccc(C)c2)C(=O)C1=Cc1cc(C)n(-c2cccc(Cl)c2)c1C. The van der Waals surface area contributed by atoms with Crippen molar-refractivity contribution >= 4 is 35.2 Å². The Morgan fingerprint density at radius 2 is 1.67 bits per heavy atom. The fourth-order valence-corrected chi connectivity index (χ4v) is 4.54. The third-order valence-corrected chi connectivity index (χ3v) is 6.12. The van der Waals surface area contributed by atoms with E-state index in [-0.39, 0.29) is 11.5 Å². The van der Waals surface area contributed by atoms with Crippen LogP contribution in [0.1, 0.15) is 29.4 Å². The van der Waals surface area contributed by atoms with Crippen molar-refractivity contribution in [2.24, 2.45) is 0 Å². The number of halogens is 1. The summed E-state index contributed by atoms with van der Waals surface area (Å²) in [7, 11) is 1.32. The van der Waals surface area contributed by atoms with E-state index in [0.717, 1.165) is 28.2 Å². The highest BCUT2D eigenvalue weighted by Gasteiger charge is 2.38. The molecule has 1 amide bonds. The first-order valence-electron chi connectivity index (χ1n) is 10.6. The lowest BCUT2D eigenvalue weighted by molar-refractivity contribution is -0.136. The van der Waals surface area contributed by atoms with Gasteiger partial charge in [-0.25, -0.2) is 4.79 Å². The lowest BCUT2D eigenvalue weighted by Gasteiger charge is -2.18. The molecule has 0 fully saturated rings. The number of aromatic nitrogens is 1. The molecule has 1 aromatic heterocycles. The molecule has 0 radical (unpaired) electrons. The van der Waals surface area contributed by atoms with Crippen molar-refractivity contribution < 1.29 is 14.3 Å². The average molecular weight is 461 g/mol. The Bertz CT molecular complexity index is 1350. The average Bonchev–Trinajstić information content (AvgIpc) is 3.19. The molecule has 0 aliphatic carbocycles. The van der Waals surface area contributed by atoms with Crippen LogP contribution in [0.3, 0.4) is 0 Å². The number of anilines is 1. The van der Waals surface area contributed by atoms with Gasteiger partial charge in [0.1, 0.15) is 0 Å². The number of aryl methyl sites for hydroxylation is 2. The van der Waals surface area contributed by atoms with Crippen LogP contribution in [0.25, 0.3) is 11.8 Å². The van der Waals surface area contributed by atoms with Gasteiger partial charge in [-0.05, 0) is 81.3 Å². The molecule has 33 heavy (non-hydrogen) atoms. The van der Waals surface area contributed by atoms with Gasteiger partial charge in [-0.1, -0.05) is 29.8 Å². The number of methoxy groups -OCH3 is 1. The van der Waals surface area contributed by atoms with E-state index < -0.39 is 5.97 Å². The maximum atomic E-state index is 13.6. The Labute approximate surface area is 198 Å². The van der Waals surface area contributed by atoms with Crippen LogP contribution in [0.15, 0.2) is 71.4 Å². The van der Waals surface area contributed by atoms with Crippen LogP contribution in [0.4, 0.5) is 5.69 Å². The molecule has 0 bridgehead atoms. The molecule has 5 nitrogen and oxygen atoms in total. The molecule has 3 aromatic rings. The molecule has 2 heterocycles. The van der Waals surface area contributed by atoms with Crippen molar-refractivity contribution in [1.29, 1.82) is 0 Å². The quantitative estimate of drug-likeness (QED) is 0.358. The Morgan fingerprint density at radius 3 is 2.33 bits per heavy atom. The number of nitrogens with zero attached hydrogens (tertiary/aromatic N) is 2. The number of hydrogen-bond donors (Lipinski definition) is 0. The highest BCUT2D eigenvalue weighted by molar-refractivity contribution is 6.30. The summed E-state index contributed by atoms with van der Waals surface area (Å²) in [5.41, 5.74) is 6.57. The van der Waals surface area contributed by atoms with Gasteiger partial charge >= 0.3 is 5.97 Å². The Balaban J connectivity index is 1.86. The summed E-state index contributed by atoms with van der Waals surface area (Å²) in [5, 5.41) is 0.645. The minimum absolute atomic E-state index is 0.258. The molecule has 4 rings (SSSR count). The second-order valence-corrected chi connectivity index (χ2v) is 8.57. The number of allylic oxidation sites excluding steroid dienone is 1. The number of esters is 1. The lowest BCUT2D eigenvalue weighted by atomic mass is 10.0. The zero-order valence-electron chi connectivity index (χ0n) is 19.3. The molecule has 168 valence electrons. The molecule has 1 aliphatic heterocycles. The second-order valence-electron chi connectivity index (χ2n) is 8.13. The van der Waals surface area contributed by atoms with Crippen LogP contribution in [-0.2, 0) is 14.3 Å². The standard InChI is InChI=1S/C27H25ClN2O3/c1-16-8-6-10-22(12-16)30-19(4)25(27(32)33-5)24(26(30)31)14-20-13-17(2)29(18(20)3)23-11-7-9-21(28)15-23/h6-15H,1-5H3. The molecule has 0 N–H and O–H groups in total. The molecule has 0 unspecified atom stereocenters. The van der Waals surface area contributed by atoms with E-state index >= 15 is 0 Å². The van der Waals surface area contributed by atoms with Gasteiger partial charge in [-0.2, -0.15) is 0 Å². The summed E-state index contributed by atoms with van der Waals surface area (Å²) in [6.07, 6.45) is 1.78. The zero-order chi connectivity index (χ0) is 23.9. The fraction of sp³-hybridized carbons (Fsp3) is 0.185. The van der Waals surface area contributed by atoms with E-state index in [1.807, 2.05) is 75.4 Å². The van der Waals surface area contributed by atoms with Gasteiger partial charge in [-0.15, -0.1) is 0 Å². The lowest BCUT2D eigenvalue weighted by Crippen LogP contribution is -2.24. The highest BCUT2D eigenvalue weighted by atomic mass is 35.5. The van der Waals surface area contributed by atoms with Crippen molar-refractivity contribution in [2.45, 2.75) is 27.7 Å². The molecule has 0 spiro atoms. The van der Waals surface area contributed by atoms with E-state index in [1.54, 1.807) is 17.9 Å². The van der Waals surface area contributed by atoms with Crippen molar-refractivity contribution in [3.8, 4) is 5.69 Å². The van der Waals surface area contributed by atoms with Crippen LogP contribution >= 0.6 is 11.6 Å². The molecule has 2 aromatic carbocycles. The maximum absolute atomic E-state index is 13.6. The Hall–Kier alpha value is -3.57. The smallest absolute Gasteiger partial charge is 0.340 e. The Morgan fingerprint density at radius 1 is 0.970 bits per heavy atom. The minimum atomic E-state index is -0.536. The van der Waals surface area contributed by atoms with Gasteiger partial charge in [0.2, 0.25) is 0 Å². The maximum Gasteiger partial charge on any atom is 0.340 e. The van der Waals surface area contributed by atoms with Gasteiger partial charge < -0.3 is 9.30 Å². The number of carbonyl (C=O) groups excluding carboxylic acids is 2. The van der Waals surface area contributed by atoms with Crippen molar-refractivity contribution in [3.05, 3.63) is 99.0 Å². The minimum Gasteiger partial charge on any atom is -0.465 e. The van der Waals surface area contributed by atoms with Crippen LogP contribution in [0, 0.1) is 20.8 Å². The first-order valence-corrected chi connectivity index (χ1v) is 11.0. The third kappa shape index (κ3) is 4.00. The first kappa shape index (κ1) is 22.6. The fourth-order valence-electron chi connectivity index (χ4n) is 4.36. The zero-order valence-corrected chi connectivity index (χ0v) is 20.0. The van der Waals surface area contributed by atoms with Crippen LogP contribution in [0.2, 0.25) is 5.02 Å². The Kier molecular flexibility index (Phi) is 6.00. The van der Waals surface area contributed by atoms with E-state index in [0.29, 0.717) is 22.0 Å². The van der Waals surface area contributed by atoms with Gasteiger partial charge in [0.25, 0.3) is 5.91 Å². The molecule has 0 saturated carbocycles. The summed E-state index contributed by atoms with van der Waals surface area (Å²) < 4.78 is 7.11.